The predicted molar refractivity (Wildman–Crippen MR) is 85.8 cm³/mol. The van der Waals surface area contributed by atoms with Crippen LogP contribution in [0.2, 0.25) is 0 Å². The van der Waals surface area contributed by atoms with Gasteiger partial charge in [-0.25, -0.2) is 8.42 Å². The fraction of sp³-hybridized carbons (Fsp3) is 0.562. The summed E-state index contributed by atoms with van der Waals surface area (Å²) in [6.07, 6.45) is 2.06. The van der Waals surface area contributed by atoms with Crippen molar-refractivity contribution >= 4 is 15.8 Å². The molecule has 1 aromatic carbocycles. The van der Waals surface area contributed by atoms with Crippen molar-refractivity contribution in [3.63, 3.8) is 0 Å². The minimum Gasteiger partial charge on any atom is -0.480 e. The summed E-state index contributed by atoms with van der Waals surface area (Å²) in [5, 5.41) is 8.65. The zero-order valence-electron chi connectivity index (χ0n) is 13.1. The number of benzene rings is 1. The summed E-state index contributed by atoms with van der Waals surface area (Å²) in [5.41, 5.74) is 3.68. The number of likely N-dealkylation sites (tertiary alicyclic amines) is 1. The van der Waals surface area contributed by atoms with Gasteiger partial charge in [-0.1, -0.05) is 23.8 Å². The van der Waals surface area contributed by atoms with E-state index >= 15 is 0 Å². The molecule has 1 atom stereocenters. The van der Waals surface area contributed by atoms with Crippen molar-refractivity contribution in [2.75, 3.05) is 24.6 Å². The summed E-state index contributed by atoms with van der Waals surface area (Å²) >= 11 is 0. The number of aryl methyl sites for hydroxylation is 2. The predicted octanol–water partition coefficient (Wildman–Crippen LogP) is 1.94. The van der Waals surface area contributed by atoms with Crippen molar-refractivity contribution < 1.29 is 18.3 Å². The lowest BCUT2D eigenvalue weighted by atomic mass is 9.97. The summed E-state index contributed by atoms with van der Waals surface area (Å²) in [6, 6.07) is 6.59. The third kappa shape index (κ3) is 4.30. The van der Waals surface area contributed by atoms with Crippen molar-refractivity contribution in [2.45, 2.75) is 32.7 Å². The van der Waals surface area contributed by atoms with E-state index in [1.54, 1.807) is 0 Å². The van der Waals surface area contributed by atoms with E-state index < -0.39 is 21.6 Å². The molecule has 1 aliphatic heterocycles. The highest BCUT2D eigenvalue weighted by Crippen LogP contribution is 2.33. The van der Waals surface area contributed by atoms with Crippen LogP contribution in [0, 0.1) is 13.8 Å². The summed E-state index contributed by atoms with van der Waals surface area (Å²) in [6.45, 7) is 5.39. The molecule has 1 aliphatic rings. The number of carbonyl (C=O) groups is 1. The second-order valence-corrected chi connectivity index (χ2v) is 8.22. The quantitative estimate of drug-likeness (QED) is 0.865. The normalized spacial score (nSPS) is 19.5. The maximum absolute atomic E-state index is 11.8. The van der Waals surface area contributed by atoms with E-state index in [-0.39, 0.29) is 11.8 Å². The lowest BCUT2D eigenvalue weighted by Gasteiger charge is -2.26. The Hall–Kier alpha value is -1.40. The largest absolute Gasteiger partial charge is 0.480 e. The second kappa shape index (κ2) is 6.79. The van der Waals surface area contributed by atoms with E-state index in [2.05, 4.69) is 36.9 Å². The number of aliphatic carboxylic acids is 1. The molecule has 1 heterocycles. The van der Waals surface area contributed by atoms with Crippen LogP contribution in [-0.4, -0.2) is 49.0 Å². The smallest absolute Gasteiger partial charge is 0.318 e. The van der Waals surface area contributed by atoms with Crippen LogP contribution >= 0.6 is 0 Å². The van der Waals surface area contributed by atoms with Crippen molar-refractivity contribution in [2.24, 2.45) is 0 Å². The van der Waals surface area contributed by atoms with Crippen LogP contribution in [0.3, 0.4) is 0 Å². The molecule has 0 aromatic heterocycles. The Morgan fingerprint density at radius 1 is 1.36 bits per heavy atom. The Morgan fingerprint density at radius 2 is 2.09 bits per heavy atom. The maximum Gasteiger partial charge on any atom is 0.318 e. The fourth-order valence-corrected chi connectivity index (χ4v) is 4.11. The SMILES string of the molecule is Cc1ccc(C)c(C2CCCN2CCS(=O)(=O)CC(=O)O)c1. The van der Waals surface area contributed by atoms with Gasteiger partial charge in [0.15, 0.2) is 9.84 Å². The number of nitrogens with zero attached hydrogens (tertiary/aromatic N) is 1. The first-order valence-corrected chi connectivity index (χ1v) is 9.34. The van der Waals surface area contributed by atoms with E-state index in [1.165, 1.54) is 16.7 Å². The molecule has 1 aromatic rings. The first kappa shape index (κ1) is 17.0. The van der Waals surface area contributed by atoms with E-state index in [0.717, 1.165) is 19.4 Å². The van der Waals surface area contributed by atoms with Crippen molar-refractivity contribution in [1.29, 1.82) is 0 Å². The Kier molecular flexibility index (Phi) is 5.24. The van der Waals surface area contributed by atoms with Crippen LogP contribution in [0.4, 0.5) is 0 Å². The fourth-order valence-electron chi connectivity index (χ4n) is 3.08. The highest BCUT2D eigenvalue weighted by Gasteiger charge is 2.28. The summed E-state index contributed by atoms with van der Waals surface area (Å²) < 4.78 is 23.5. The summed E-state index contributed by atoms with van der Waals surface area (Å²) in [5.74, 6) is -2.16. The molecule has 122 valence electrons. The number of carboxylic acid groups (broad SMARTS) is 1. The number of hydrogen-bond acceptors (Lipinski definition) is 4. The Bertz CT molecular complexity index is 654. The zero-order chi connectivity index (χ0) is 16.3. The molecule has 0 spiro atoms. The average molecular weight is 325 g/mol. The number of carboxylic acids is 1. The molecule has 5 nitrogen and oxygen atoms in total. The molecule has 2 rings (SSSR count). The third-order valence-electron chi connectivity index (χ3n) is 4.19. The van der Waals surface area contributed by atoms with Gasteiger partial charge < -0.3 is 5.11 Å². The number of rotatable bonds is 6. The van der Waals surface area contributed by atoms with Gasteiger partial charge in [-0.05, 0) is 44.4 Å². The van der Waals surface area contributed by atoms with E-state index in [4.69, 9.17) is 5.11 Å². The zero-order valence-corrected chi connectivity index (χ0v) is 13.9. The molecule has 1 saturated heterocycles. The molecule has 1 fully saturated rings. The third-order valence-corrected chi connectivity index (χ3v) is 5.68. The van der Waals surface area contributed by atoms with Gasteiger partial charge in [-0.15, -0.1) is 0 Å². The van der Waals surface area contributed by atoms with Gasteiger partial charge in [0.2, 0.25) is 0 Å². The Balaban J connectivity index is 2.08. The van der Waals surface area contributed by atoms with Crippen LogP contribution in [0.25, 0.3) is 0 Å². The molecule has 6 heteroatoms. The summed E-state index contributed by atoms with van der Waals surface area (Å²) in [4.78, 5) is 12.8. The van der Waals surface area contributed by atoms with Crippen LogP contribution in [0.1, 0.15) is 35.6 Å². The van der Waals surface area contributed by atoms with Gasteiger partial charge in [0.05, 0.1) is 5.75 Å². The molecular weight excluding hydrogens is 302 g/mol. The Morgan fingerprint density at radius 3 is 2.77 bits per heavy atom. The van der Waals surface area contributed by atoms with Gasteiger partial charge in [0.1, 0.15) is 5.75 Å². The Labute approximate surface area is 131 Å². The first-order valence-electron chi connectivity index (χ1n) is 7.52. The molecule has 0 amide bonds. The van der Waals surface area contributed by atoms with E-state index in [9.17, 15) is 13.2 Å². The molecule has 0 saturated carbocycles. The van der Waals surface area contributed by atoms with Crippen molar-refractivity contribution in [3.8, 4) is 0 Å². The highest BCUT2D eigenvalue weighted by atomic mass is 32.2. The molecular formula is C16H23NO4S. The average Bonchev–Trinajstić information content (AvgIpc) is 2.86. The van der Waals surface area contributed by atoms with Gasteiger partial charge >= 0.3 is 5.97 Å². The van der Waals surface area contributed by atoms with Gasteiger partial charge in [0.25, 0.3) is 0 Å². The molecule has 22 heavy (non-hydrogen) atoms. The van der Waals surface area contributed by atoms with E-state index in [0.29, 0.717) is 6.54 Å². The molecule has 0 radical (unpaired) electrons. The number of hydrogen-bond donors (Lipinski definition) is 1. The topological polar surface area (TPSA) is 74.7 Å². The minimum atomic E-state index is -3.53. The lowest BCUT2D eigenvalue weighted by molar-refractivity contribution is -0.134. The highest BCUT2D eigenvalue weighted by molar-refractivity contribution is 7.92. The molecule has 1 unspecified atom stereocenters. The molecule has 1 N–H and O–H groups in total. The maximum atomic E-state index is 11.8. The van der Waals surface area contributed by atoms with Crippen LogP contribution in [0.15, 0.2) is 18.2 Å². The van der Waals surface area contributed by atoms with Gasteiger partial charge in [-0.3, -0.25) is 9.69 Å². The number of sulfone groups is 1. The van der Waals surface area contributed by atoms with Crippen molar-refractivity contribution in [3.05, 3.63) is 34.9 Å². The minimum absolute atomic E-state index is 0.0966. The van der Waals surface area contributed by atoms with Gasteiger partial charge in [0, 0.05) is 12.6 Å². The first-order chi connectivity index (χ1) is 10.3. The van der Waals surface area contributed by atoms with Crippen molar-refractivity contribution in [1.82, 2.24) is 4.90 Å². The summed E-state index contributed by atoms with van der Waals surface area (Å²) in [7, 11) is -3.53. The van der Waals surface area contributed by atoms with Crippen LogP contribution < -0.4 is 0 Å². The standard InChI is InChI=1S/C16H23NO4S/c1-12-5-6-13(2)14(10-12)15-4-3-7-17(15)8-9-22(20,21)11-16(18)19/h5-6,10,15H,3-4,7-9,11H2,1-2H3,(H,18,19). The lowest BCUT2D eigenvalue weighted by Crippen LogP contribution is -2.31. The second-order valence-electron chi connectivity index (χ2n) is 6.04. The van der Waals surface area contributed by atoms with E-state index in [1.807, 2.05) is 0 Å². The van der Waals surface area contributed by atoms with Crippen LogP contribution in [-0.2, 0) is 14.6 Å². The monoisotopic (exact) mass is 325 g/mol. The molecule has 0 aliphatic carbocycles. The molecule has 0 bridgehead atoms. The van der Waals surface area contributed by atoms with Gasteiger partial charge in [-0.2, -0.15) is 0 Å². The van der Waals surface area contributed by atoms with Crippen LogP contribution in [0.5, 0.6) is 0 Å².